The summed E-state index contributed by atoms with van der Waals surface area (Å²) >= 11 is 0. The molecule has 5 heteroatoms. The van der Waals surface area contributed by atoms with Gasteiger partial charge in [0.1, 0.15) is 0 Å². The van der Waals surface area contributed by atoms with Crippen LogP contribution in [0.5, 0.6) is 0 Å². The van der Waals surface area contributed by atoms with Gasteiger partial charge in [0.05, 0.1) is 0 Å². The lowest BCUT2D eigenvalue weighted by molar-refractivity contribution is 0.0724. The summed E-state index contributed by atoms with van der Waals surface area (Å²) in [6.07, 6.45) is 3.83. The summed E-state index contributed by atoms with van der Waals surface area (Å²) in [7, 11) is 8.56. The van der Waals surface area contributed by atoms with Crippen LogP contribution in [-0.4, -0.2) is 75.7 Å². The molecular weight excluding hydrogens is 226 g/mol. The van der Waals surface area contributed by atoms with Crippen LogP contribution in [0.15, 0.2) is 0 Å². The molecular formula is C13H31N5. The van der Waals surface area contributed by atoms with Gasteiger partial charge in [0.25, 0.3) is 0 Å². The molecule has 1 unspecified atom stereocenters. The van der Waals surface area contributed by atoms with E-state index in [1.54, 1.807) is 0 Å². The van der Waals surface area contributed by atoms with E-state index in [1.165, 1.54) is 32.4 Å². The van der Waals surface area contributed by atoms with Gasteiger partial charge < -0.3 is 9.80 Å². The van der Waals surface area contributed by atoms with Gasteiger partial charge in [0.15, 0.2) is 0 Å². The molecule has 1 rings (SSSR count). The van der Waals surface area contributed by atoms with Crippen LogP contribution in [0.3, 0.4) is 0 Å². The first-order valence-corrected chi connectivity index (χ1v) is 7.11. The predicted octanol–water partition coefficient (Wildman–Crippen LogP) is 0.221. The third-order valence-corrected chi connectivity index (χ3v) is 3.36. The van der Waals surface area contributed by atoms with Crippen molar-refractivity contribution >= 4 is 0 Å². The summed E-state index contributed by atoms with van der Waals surface area (Å²) in [6, 6.07) is 0. The smallest absolute Gasteiger partial charge is 0.0185 e. The molecule has 0 spiro atoms. The van der Waals surface area contributed by atoms with Crippen molar-refractivity contribution in [2.24, 2.45) is 5.92 Å². The van der Waals surface area contributed by atoms with Crippen molar-refractivity contribution in [2.45, 2.75) is 19.3 Å². The lowest BCUT2D eigenvalue weighted by Crippen LogP contribution is -2.56. The van der Waals surface area contributed by atoms with Crippen LogP contribution >= 0.6 is 0 Å². The summed E-state index contributed by atoms with van der Waals surface area (Å²) < 4.78 is 0. The van der Waals surface area contributed by atoms with Gasteiger partial charge >= 0.3 is 0 Å². The normalized spacial score (nSPS) is 22.0. The molecule has 0 radical (unpaired) electrons. The number of nitrogens with one attached hydrogen (secondary N) is 2. The first-order valence-electron chi connectivity index (χ1n) is 7.11. The monoisotopic (exact) mass is 257 g/mol. The molecule has 1 saturated heterocycles. The third kappa shape index (κ3) is 7.28. The number of hydrogen-bond acceptors (Lipinski definition) is 5. The van der Waals surface area contributed by atoms with E-state index in [0.29, 0.717) is 0 Å². The van der Waals surface area contributed by atoms with E-state index >= 15 is 0 Å². The van der Waals surface area contributed by atoms with Gasteiger partial charge in [-0.15, -0.1) is 0 Å². The molecule has 0 saturated carbocycles. The predicted molar refractivity (Wildman–Crippen MR) is 77.2 cm³/mol. The third-order valence-electron chi connectivity index (χ3n) is 3.36. The average Bonchev–Trinajstić information content (AvgIpc) is 2.28. The van der Waals surface area contributed by atoms with Crippen LogP contribution in [0.2, 0.25) is 0 Å². The Kier molecular flexibility index (Phi) is 7.77. The minimum atomic E-state index is 0.783. The van der Waals surface area contributed by atoms with Gasteiger partial charge in [-0.05, 0) is 66.5 Å². The van der Waals surface area contributed by atoms with Crippen molar-refractivity contribution in [3.05, 3.63) is 0 Å². The molecule has 0 aromatic rings. The van der Waals surface area contributed by atoms with E-state index in [0.717, 1.165) is 25.6 Å². The second-order valence-corrected chi connectivity index (χ2v) is 5.91. The zero-order valence-corrected chi connectivity index (χ0v) is 12.6. The summed E-state index contributed by atoms with van der Waals surface area (Å²) in [5, 5.41) is 2.33. The number of nitrogens with zero attached hydrogens (tertiary/aromatic N) is 3. The van der Waals surface area contributed by atoms with E-state index < -0.39 is 0 Å². The van der Waals surface area contributed by atoms with E-state index in [4.69, 9.17) is 0 Å². The zero-order chi connectivity index (χ0) is 13.4. The summed E-state index contributed by atoms with van der Waals surface area (Å²) in [5.74, 6) is 0.783. The lowest BCUT2D eigenvalue weighted by Gasteiger charge is -2.34. The first-order chi connectivity index (χ1) is 8.58. The highest BCUT2D eigenvalue weighted by Gasteiger charge is 2.18. The lowest BCUT2D eigenvalue weighted by atomic mass is 10.0. The van der Waals surface area contributed by atoms with Gasteiger partial charge in [-0.2, -0.15) is 5.53 Å². The number of hydrazine groups is 2. The SMILES string of the molecule is CN(C)CCCC1CNNN(CCCN(C)C)C1. The van der Waals surface area contributed by atoms with Gasteiger partial charge in [0.2, 0.25) is 0 Å². The van der Waals surface area contributed by atoms with Crippen LogP contribution in [0, 0.1) is 5.92 Å². The standard InChI is InChI=1S/C13H31N5/c1-16(2)8-5-7-13-11-14-15-18(12-13)10-6-9-17(3)4/h13-15H,5-12H2,1-4H3. The van der Waals surface area contributed by atoms with Crippen LogP contribution in [0.4, 0.5) is 0 Å². The largest absolute Gasteiger partial charge is 0.309 e. The minimum Gasteiger partial charge on any atom is -0.309 e. The summed E-state index contributed by atoms with van der Waals surface area (Å²) in [4.78, 5) is 4.51. The van der Waals surface area contributed by atoms with Crippen molar-refractivity contribution in [1.82, 2.24) is 25.8 Å². The minimum absolute atomic E-state index is 0.783. The Balaban J connectivity index is 2.11. The highest BCUT2D eigenvalue weighted by atomic mass is 15.7. The molecule has 0 aliphatic carbocycles. The van der Waals surface area contributed by atoms with Crippen molar-refractivity contribution in [2.75, 3.05) is 60.9 Å². The van der Waals surface area contributed by atoms with E-state index in [-0.39, 0.29) is 0 Å². The molecule has 5 nitrogen and oxygen atoms in total. The molecule has 1 fully saturated rings. The first kappa shape index (κ1) is 15.9. The molecule has 1 aliphatic heterocycles. The second-order valence-electron chi connectivity index (χ2n) is 5.91. The maximum atomic E-state index is 3.31. The number of hydrogen-bond donors (Lipinski definition) is 2. The van der Waals surface area contributed by atoms with Crippen LogP contribution in [0.25, 0.3) is 0 Å². The molecule has 1 atom stereocenters. The maximum Gasteiger partial charge on any atom is 0.0185 e. The topological polar surface area (TPSA) is 33.8 Å². The van der Waals surface area contributed by atoms with Crippen LogP contribution in [0.1, 0.15) is 19.3 Å². The zero-order valence-electron chi connectivity index (χ0n) is 12.6. The molecule has 108 valence electrons. The quantitative estimate of drug-likeness (QED) is 0.650. The highest BCUT2D eigenvalue weighted by molar-refractivity contribution is 4.70. The Hall–Kier alpha value is -0.200. The van der Waals surface area contributed by atoms with E-state index in [2.05, 4.69) is 54.0 Å². The molecule has 0 amide bonds. The van der Waals surface area contributed by atoms with E-state index in [9.17, 15) is 0 Å². The molecule has 0 bridgehead atoms. The Morgan fingerprint density at radius 3 is 2.39 bits per heavy atom. The van der Waals surface area contributed by atoms with Gasteiger partial charge in [-0.25, -0.2) is 10.4 Å². The maximum absolute atomic E-state index is 3.31. The van der Waals surface area contributed by atoms with Gasteiger partial charge in [-0.3, -0.25) is 0 Å². The molecule has 1 aliphatic rings. The average molecular weight is 257 g/mol. The number of rotatable bonds is 8. The van der Waals surface area contributed by atoms with Crippen LogP contribution < -0.4 is 11.0 Å². The molecule has 18 heavy (non-hydrogen) atoms. The van der Waals surface area contributed by atoms with Crippen molar-refractivity contribution in [3.63, 3.8) is 0 Å². The van der Waals surface area contributed by atoms with Gasteiger partial charge in [-0.1, -0.05) is 0 Å². The fourth-order valence-electron chi connectivity index (χ4n) is 2.34. The Morgan fingerprint density at radius 1 is 1.06 bits per heavy atom. The Labute approximate surface area is 112 Å². The molecule has 0 aromatic carbocycles. The van der Waals surface area contributed by atoms with Crippen LogP contribution in [-0.2, 0) is 0 Å². The molecule has 0 aromatic heterocycles. The summed E-state index contributed by atoms with van der Waals surface area (Å²) in [5.41, 5.74) is 6.59. The van der Waals surface area contributed by atoms with Gasteiger partial charge in [0, 0.05) is 19.6 Å². The van der Waals surface area contributed by atoms with Crippen molar-refractivity contribution < 1.29 is 0 Å². The Morgan fingerprint density at radius 2 is 1.72 bits per heavy atom. The van der Waals surface area contributed by atoms with Crippen molar-refractivity contribution in [1.29, 1.82) is 0 Å². The van der Waals surface area contributed by atoms with E-state index in [1.807, 2.05) is 0 Å². The fourth-order valence-corrected chi connectivity index (χ4v) is 2.34. The highest BCUT2D eigenvalue weighted by Crippen LogP contribution is 2.10. The fraction of sp³-hybridized carbons (Fsp3) is 1.00. The Bertz CT molecular complexity index is 188. The van der Waals surface area contributed by atoms with Crippen molar-refractivity contribution in [3.8, 4) is 0 Å². The molecule has 1 heterocycles. The molecule has 2 N–H and O–H groups in total. The second kappa shape index (κ2) is 8.82. The summed E-state index contributed by atoms with van der Waals surface area (Å²) in [6.45, 7) is 5.74.